The molecule has 0 rings (SSSR count). The topological polar surface area (TPSA) is 63.6 Å². The molecule has 4 nitrogen and oxygen atoms in total. The Bertz CT molecular complexity index is 471. The van der Waals surface area contributed by atoms with Crippen molar-refractivity contribution in [3.05, 3.63) is 0 Å². The predicted molar refractivity (Wildman–Crippen MR) is 149 cm³/mol. The van der Waals surface area contributed by atoms with Crippen LogP contribution in [0.25, 0.3) is 0 Å². The van der Waals surface area contributed by atoms with E-state index in [9.17, 15) is 8.42 Å². The largest absolute Gasteiger partial charge is 0.397 e. The number of rotatable bonds is 28. The second kappa shape index (κ2) is 30.1. The summed E-state index contributed by atoms with van der Waals surface area (Å²) in [6.07, 6.45) is 35.2. The van der Waals surface area contributed by atoms with Crippen molar-refractivity contribution in [3.8, 4) is 0 Å². The minimum Gasteiger partial charge on any atom is -0.264 e. The molecule has 0 bridgehead atoms. The van der Waals surface area contributed by atoms with Crippen LogP contribution in [0.1, 0.15) is 174 Å². The van der Waals surface area contributed by atoms with Gasteiger partial charge in [-0.15, -0.1) is 0 Å². The quantitative estimate of drug-likeness (QED) is 0.0642. The van der Waals surface area contributed by atoms with Crippen LogP contribution in [0, 0.1) is 0 Å². The van der Waals surface area contributed by atoms with Gasteiger partial charge in [-0.2, -0.15) is 8.42 Å². The fourth-order valence-electron chi connectivity index (χ4n) is 4.58. The first-order chi connectivity index (χ1) is 16.1. The Morgan fingerprint density at radius 1 is 0.441 bits per heavy atom. The van der Waals surface area contributed by atoms with Crippen molar-refractivity contribution in [2.75, 3.05) is 6.61 Å². The van der Waals surface area contributed by atoms with Gasteiger partial charge in [0.05, 0.1) is 6.61 Å². The first-order valence-electron chi connectivity index (χ1n) is 14.7. The average Bonchev–Trinajstić information content (AvgIpc) is 2.78. The average molecular weight is 514 g/mol. The summed E-state index contributed by atoms with van der Waals surface area (Å²) in [6, 6.07) is 0. The molecule has 0 fully saturated rings. The van der Waals surface area contributed by atoms with Crippen LogP contribution in [-0.4, -0.2) is 49.1 Å². The molecule has 0 aliphatic rings. The Morgan fingerprint density at radius 2 is 0.647 bits per heavy atom. The van der Waals surface area contributed by atoms with Gasteiger partial charge in [0.1, 0.15) is 0 Å². The van der Waals surface area contributed by atoms with E-state index < -0.39 is 10.4 Å². The van der Waals surface area contributed by atoms with Gasteiger partial charge in [-0.1, -0.05) is 167 Å². The molecule has 0 unspecified atom stereocenters. The molecule has 0 atom stereocenters. The van der Waals surface area contributed by atoms with E-state index in [2.05, 4.69) is 11.1 Å². The van der Waals surface area contributed by atoms with Gasteiger partial charge in [0.2, 0.25) is 0 Å². The van der Waals surface area contributed by atoms with Crippen LogP contribution in [0.3, 0.4) is 0 Å². The molecule has 0 saturated carbocycles. The molecular formula is C28H58NaO4S. The number of hydrogen-bond donors (Lipinski definition) is 1. The summed E-state index contributed by atoms with van der Waals surface area (Å²) in [6.45, 7) is 2.39. The zero-order chi connectivity index (χ0) is 24.3. The van der Waals surface area contributed by atoms with Crippen LogP contribution < -0.4 is 0 Å². The maximum Gasteiger partial charge on any atom is 0.397 e. The van der Waals surface area contributed by atoms with Gasteiger partial charge in [0, 0.05) is 29.6 Å². The second-order valence-corrected chi connectivity index (χ2v) is 11.2. The van der Waals surface area contributed by atoms with Gasteiger partial charge < -0.3 is 0 Å². The fourth-order valence-corrected chi connectivity index (χ4v) is 4.91. The summed E-state index contributed by atoms with van der Waals surface area (Å²) in [5.41, 5.74) is 0. The summed E-state index contributed by atoms with van der Waals surface area (Å²) >= 11 is 0. The molecule has 1 radical (unpaired) electrons. The van der Waals surface area contributed by atoms with E-state index in [0.29, 0.717) is 6.42 Å². The second-order valence-electron chi connectivity index (χ2n) is 10.1. The zero-order valence-corrected chi connectivity index (χ0v) is 26.0. The SMILES string of the molecule is CCCCCCCCCCCCCCCCCCCCCCCCCCCCOS(=O)(=O)O.[Na]. The summed E-state index contributed by atoms with van der Waals surface area (Å²) in [4.78, 5) is 0. The zero-order valence-electron chi connectivity index (χ0n) is 23.2. The predicted octanol–water partition coefficient (Wildman–Crippen LogP) is 9.59. The van der Waals surface area contributed by atoms with Gasteiger partial charge >= 0.3 is 10.4 Å². The first kappa shape index (κ1) is 37.0. The van der Waals surface area contributed by atoms with E-state index in [-0.39, 0.29) is 36.2 Å². The Kier molecular flexibility index (Phi) is 32.8. The van der Waals surface area contributed by atoms with Crippen LogP contribution in [0.15, 0.2) is 0 Å². The normalized spacial score (nSPS) is 11.6. The van der Waals surface area contributed by atoms with Crippen LogP contribution >= 0.6 is 0 Å². The summed E-state index contributed by atoms with van der Waals surface area (Å²) in [7, 11) is -4.25. The molecule has 0 aromatic heterocycles. The van der Waals surface area contributed by atoms with Gasteiger partial charge in [0.15, 0.2) is 0 Å². The molecule has 201 valence electrons. The molecular weight excluding hydrogens is 455 g/mol. The molecule has 0 aliphatic heterocycles. The molecule has 0 aromatic carbocycles. The van der Waals surface area contributed by atoms with Crippen molar-refractivity contribution >= 4 is 40.0 Å². The molecule has 0 aromatic rings. The van der Waals surface area contributed by atoms with E-state index in [1.807, 2.05) is 0 Å². The van der Waals surface area contributed by atoms with Crippen LogP contribution in [0.2, 0.25) is 0 Å². The molecule has 6 heteroatoms. The summed E-state index contributed by atoms with van der Waals surface area (Å²) in [5.74, 6) is 0. The van der Waals surface area contributed by atoms with Gasteiger partial charge in [-0.3, -0.25) is 4.55 Å². The maximum atomic E-state index is 10.4. The van der Waals surface area contributed by atoms with Gasteiger partial charge in [-0.25, -0.2) is 4.18 Å². The van der Waals surface area contributed by atoms with Crippen molar-refractivity contribution in [1.29, 1.82) is 0 Å². The van der Waals surface area contributed by atoms with Crippen LogP contribution in [0.4, 0.5) is 0 Å². The monoisotopic (exact) mass is 513 g/mol. The smallest absolute Gasteiger partial charge is 0.264 e. The van der Waals surface area contributed by atoms with E-state index in [1.165, 1.54) is 148 Å². The molecule has 0 aliphatic carbocycles. The number of hydrogen-bond acceptors (Lipinski definition) is 3. The van der Waals surface area contributed by atoms with Crippen molar-refractivity contribution in [3.63, 3.8) is 0 Å². The van der Waals surface area contributed by atoms with Crippen molar-refractivity contribution < 1.29 is 17.2 Å². The van der Waals surface area contributed by atoms with Crippen LogP contribution in [0.5, 0.6) is 0 Å². The Balaban J connectivity index is 0. The Morgan fingerprint density at radius 3 is 0.853 bits per heavy atom. The standard InChI is InChI=1S/C28H58O4S.Na/c1-2-3-4-5-6-7-8-9-10-11-12-13-14-15-16-17-18-19-20-21-22-23-24-25-26-27-28-32-33(29,30)31;/h2-28H2,1H3,(H,29,30,31);. The fraction of sp³-hybridized carbons (Fsp3) is 1.00. The van der Waals surface area contributed by atoms with Gasteiger partial charge in [-0.05, 0) is 6.42 Å². The molecule has 0 saturated heterocycles. The third-order valence-corrected chi connectivity index (χ3v) is 7.19. The van der Waals surface area contributed by atoms with Crippen LogP contribution in [-0.2, 0) is 14.6 Å². The third-order valence-electron chi connectivity index (χ3n) is 6.73. The van der Waals surface area contributed by atoms with E-state index >= 15 is 0 Å². The molecule has 34 heavy (non-hydrogen) atoms. The number of unbranched alkanes of at least 4 members (excludes halogenated alkanes) is 25. The van der Waals surface area contributed by atoms with Crippen molar-refractivity contribution in [2.24, 2.45) is 0 Å². The first-order valence-corrected chi connectivity index (χ1v) is 16.0. The molecule has 0 spiro atoms. The third kappa shape index (κ3) is 35.0. The minimum absolute atomic E-state index is 0. The Labute approximate surface area is 236 Å². The maximum absolute atomic E-state index is 10.4. The molecule has 0 heterocycles. The van der Waals surface area contributed by atoms with Gasteiger partial charge in [0.25, 0.3) is 0 Å². The van der Waals surface area contributed by atoms with E-state index in [4.69, 9.17) is 4.55 Å². The van der Waals surface area contributed by atoms with E-state index in [1.54, 1.807) is 0 Å². The molecule has 0 amide bonds. The summed E-state index contributed by atoms with van der Waals surface area (Å²) < 4.78 is 33.6. The summed E-state index contributed by atoms with van der Waals surface area (Å²) in [5, 5.41) is 0. The molecule has 1 N–H and O–H groups in total. The van der Waals surface area contributed by atoms with Crippen molar-refractivity contribution in [1.82, 2.24) is 0 Å². The Hall–Kier alpha value is 0.870. The minimum atomic E-state index is -4.25. The van der Waals surface area contributed by atoms with E-state index in [0.717, 1.165) is 12.8 Å². The van der Waals surface area contributed by atoms with Crippen molar-refractivity contribution in [2.45, 2.75) is 174 Å².